The number of pyridine rings is 1. The second-order valence-corrected chi connectivity index (χ2v) is 6.17. The molecule has 1 aliphatic heterocycles. The number of fused-ring (bicyclic) bond motifs is 1. The van der Waals surface area contributed by atoms with Crippen molar-refractivity contribution in [3.05, 3.63) is 41.5 Å². The van der Waals surface area contributed by atoms with Crippen molar-refractivity contribution < 1.29 is 9.32 Å². The maximum absolute atomic E-state index is 12.6. The van der Waals surface area contributed by atoms with Crippen molar-refractivity contribution in [2.24, 2.45) is 0 Å². The molecule has 7 heteroatoms. The van der Waals surface area contributed by atoms with Gasteiger partial charge in [-0.25, -0.2) is 4.98 Å². The van der Waals surface area contributed by atoms with Gasteiger partial charge in [-0.2, -0.15) is 5.10 Å². The van der Waals surface area contributed by atoms with Gasteiger partial charge in [0.05, 0.1) is 6.20 Å². The van der Waals surface area contributed by atoms with Gasteiger partial charge in [-0.1, -0.05) is 12.1 Å². The van der Waals surface area contributed by atoms with Crippen molar-refractivity contribution in [3.8, 4) is 0 Å². The van der Waals surface area contributed by atoms with Crippen molar-refractivity contribution in [1.82, 2.24) is 25.2 Å². The third-order valence-electron chi connectivity index (χ3n) is 4.58. The van der Waals surface area contributed by atoms with Crippen LogP contribution >= 0.6 is 0 Å². The van der Waals surface area contributed by atoms with Crippen molar-refractivity contribution in [2.75, 3.05) is 13.1 Å². The lowest BCUT2D eigenvalue weighted by Gasteiger charge is -2.32. The fourth-order valence-corrected chi connectivity index (χ4v) is 3.21. The van der Waals surface area contributed by atoms with Gasteiger partial charge in [0.15, 0.2) is 11.3 Å². The van der Waals surface area contributed by atoms with Gasteiger partial charge in [-0.05, 0) is 25.0 Å². The first-order valence-corrected chi connectivity index (χ1v) is 8.29. The van der Waals surface area contributed by atoms with Crippen molar-refractivity contribution >= 4 is 16.9 Å². The van der Waals surface area contributed by atoms with E-state index in [1.807, 2.05) is 24.0 Å². The van der Waals surface area contributed by atoms with E-state index in [2.05, 4.69) is 20.3 Å². The van der Waals surface area contributed by atoms with Crippen molar-refractivity contribution in [3.63, 3.8) is 0 Å². The minimum atomic E-state index is -0.0641. The Morgan fingerprint density at radius 2 is 2.38 bits per heavy atom. The Morgan fingerprint density at radius 1 is 1.46 bits per heavy atom. The van der Waals surface area contributed by atoms with Gasteiger partial charge in [0.1, 0.15) is 5.76 Å². The predicted molar refractivity (Wildman–Crippen MR) is 87.6 cm³/mol. The molecule has 1 aliphatic rings. The van der Waals surface area contributed by atoms with Crippen LogP contribution in [0.5, 0.6) is 0 Å². The van der Waals surface area contributed by atoms with Crippen LogP contribution in [0.4, 0.5) is 0 Å². The van der Waals surface area contributed by atoms with Crippen LogP contribution in [0, 0.1) is 0 Å². The summed E-state index contributed by atoms with van der Waals surface area (Å²) >= 11 is 0. The Labute approximate surface area is 139 Å². The van der Waals surface area contributed by atoms with Gasteiger partial charge in [0.25, 0.3) is 5.91 Å². The molecule has 3 aromatic heterocycles. The third-order valence-corrected chi connectivity index (χ3v) is 4.58. The molecule has 0 unspecified atom stereocenters. The molecule has 1 fully saturated rings. The number of H-pyrrole nitrogens is 1. The number of nitrogens with one attached hydrogen (secondary N) is 1. The standard InChI is InChI=1S/C17H19N5O2/c1-2-13-8-15(21-24-13)17(23)22-7-3-4-12(10-22)14-6-5-11-9-18-20-16(11)19-14/h5-6,8-9,12H,2-4,7,10H2,1H3,(H,18,19,20)/t12-/m0/s1. The van der Waals surface area contributed by atoms with Crippen LogP contribution < -0.4 is 0 Å². The van der Waals surface area contributed by atoms with E-state index < -0.39 is 0 Å². The molecule has 1 N–H and O–H groups in total. The second-order valence-electron chi connectivity index (χ2n) is 6.17. The van der Waals surface area contributed by atoms with Gasteiger partial charge in [0, 0.05) is 42.6 Å². The number of likely N-dealkylation sites (tertiary alicyclic amines) is 1. The summed E-state index contributed by atoms with van der Waals surface area (Å²) in [6, 6.07) is 5.79. The molecule has 0 aliphatic carbocycles. The van der Waals surface area contributed by atoms with Crippen molar-refractivity contribution in [1.29, 1.82) is 0 Å². The third kappa shape index (κ3) is 2.66. The molecule has 3 aromatic rings. The number of rotatable bonds is 3. The van der Waals surface area contributed by atoms with E-state index in [1.54, 1.807) is 12.3 Å². The molecule has 0 saturated carbocycles. The van der Waals surface area contributed by atoms with E-state index in [1.165, 1.54) is 0 Å². The van der Waals surface area contributed by atoms with Gasteiger partial charge in [-0.15, -0.1) is 0 Å². The number of hydrogen-bond acceptors (Lipinski definition) is 5. The Morgan fingerprint density at radius 3 is 3.21 bits per heavy atom. The zero-order valence-electron chi connectivity index (χ0n) is 13.5. The number of nitrogens with zero attached hydrogens (tertiary/aromatic N) is 4. The van der Waals surface area contributed by atoms with E-state index >= 15 is 0 Å². The summed E-state index contributed by atoms with van der Waals surface area (Å²) in [6.45, 7) is 3.37. The molecule has 1 saturated heterocycles. The molecule has 0 radical (unpaired) electrons. The molecule has 0 aromatic carbocycles. The van der Waals surface area contributed by atoms with Crippen LogP contribution in [0.1, 0.15) is 47.6 Å². The van der Waals surface area contributed by atoms with Gasteiger partial charge >= 0.3 is 0 Å². The number of aryl methyl sites for hydroxylation is 1. The Kier molecular flexibility index (Phi) is 3.76. The number of amides is 1. The maximum Gasteiger partial charge on any atom is 0.276 e. The van der Waals surface area contributed by atoms with E-state index in [-0.39, 0.29) is 11.8 Å². The fraction of sp³-hybridized carbons (Fsp3) is 0.412. The highest BCUT2D eigenvalue weighted by Gasteiger charge is 2.28. The highest BCUT2D eigenvalue weighted by Crippen LogP contribution is 2.27. The second kappa shape index (κ2) is 6.07. The maximum atomic E-state index is 12.6. The van der Waals surface area contributed by atoms with E-state index in [0.29, 0.717) is 12.2 Å². The lowest BCUT2D eigenvalue weighted by Crippen LogP contribution is -2.39. The Balaban J connectivity index is 1.53. The fourth-order valence-electron chi connectivity index (χ4n) is 3.21. The highest BCUT2D eigenvalue weighted by atomic mass is 16.5. The van der Waals surface area contributed by atoms with Crippen LogP contribution in [0.15, 0.2) is 28.9 Å². The van der Waals surface area contributed by atoms with E-state index in [4.69, 9.17) is 4.52 Å². The molecular formula is C17H19N5O2. The van der Waals surface area contributed by atoms with Gasteiger partial charge in [0.2, 0.25) is 0 Å². The molecule has 0 bridgehead atoms. The summed E-state index contributed by atoms with van der Waals surface area (Å²) in [5.41, 5.74) is 2.18. The first kappa shape index (κ1) is 14.9. The Hall–Kier alpha value is -2.70. The first-order valence-electron chi connectivity index (χ1n) is 8.29. The average molecular weight is 325 g/mol. The summed E-state index contributed by atoms with van der Waals surface area (Å²) in [4.78, 5) is 19.1. The number of carbonyl (C=O) groups is 1. The number of aromatic amines is 1. The minimum absolute atomic E-state index is 0.0641. The van der Waals surface area contributed by atoms with Crippen LogP contribution in [0.2, 0.25) is 0 Å². The minimum Gasteiger partial charge on any atom is -0.361 e. The lowest BCUT2D eigenvalue weighted by molar-refractivity contribution is 0.0695. The quantitative estimate of drug-likeness (QED) is 0.799. The SMILES string of the molecule is CCc1cc(C(=O)N2CCC[C@H](c3ccc4cn[nH]c4n3)C2)no1. The molecule has 1 atom stereocenters. The normalized spacial score (nSPS) is 18.2. The average Bonchev–Trinajstić information content (AvgIpc) is 3.29. The largest absolute Gasteiger partial charge is 0.361 e. The molecular weight excluding hydrogens is 306 g/mol. The Bertz CT molecular complexity index is 869. The van der Waals surface area contributed by atoms with Crippen LogP contribution in [-0.4, -0.2) is 44.2 Å². The van der Waals surface area contributed by atoms with E-state index in [0.717, 1.165) is 48.3 Å². The monoisotopic (exact) mass is 325 g/mol. The van der Waals surface area contributed by atoms with Crippen molar-refractivity contribution in [2.45, 2.75) is 32.1 Å². The molecule has 1 amide bonds. The number of carbonyl (C=O) groups excluding carboxylic acids is 1. The number of piperidine rings is 1. The molecule has 24 heavy (non-hydrogen) atoms. The molecule has 124 valence electrons. The summed E-state index contributed by atoms with van der Waals surface area (Å²) in [7, 11) is 0. The molecule has 4 rings (SSSR count). The molecule has 7 nitrogen and oxygen atoms in total. The summed E-state index contributed by atoms with van der Waals surface area (Å²) in [5.74, 6) is 0.900. The topological polar surface area (TPSA) is 87.9 Å². The van der Waals surface area contributed by atoms with Crippen LogP contribution in [-0.2, 0) is 6.42 Å². The zero-order chi connectivity index (χ0) is 16.5. The smallest absolute Gasteiger partial charge is 0.276 e. The van der Waals surface area contributed by atoms with Crippen LogP contribution in [0.3, 0.4) is 0 Å². The number of aromatic nitrogens is 4. The zero-order valence-corrected chi connectivity index (χ0v) is 13.5. The number of hydrogen-bond donors (Lipinski definition) is 1. The highest BCUT2D eigenvalue weighted by molar-refractivity contribution is 5.92. The van der Waals surface area contributed by atoms with Crippen LogP contribution in [0.25, 0.3) is 11.0 Å². The molecule has 0 spiro atoms. The molecule has 4 heterocycles. The summed E-state index contributed by atoms with van der Waals surface area (Å²) < 4.78 is 5.16. The van der Waals surface area contributed by atoms with Gasteiger partial charge in [-0.3, -0.25) is 9.89 Å². The summed E-state index contributed by atoms with van der Waals surface area (Å²) in [5, 5.41) is 11.8. The first-order chi connectivity index (χ1) is 11.7. The summed E-state index contributed by atoms with van der Waals surface area (Å²) in [6.07, 6.45) is 4.47. The lowest BCUT2D eigenvalue weighted by atomic mass is 9.94. The van der Waals surface area contributed by atoms with E-state index in [9.17, 15) is 4.79 Å². The van der Waals surface area contributed by atoms with Gasteiger partial charge < -0.3 is 9.42 Å². The predicted octanol–water partition coefficient (Wildman–Crippen LogP) is 2.53.